The second-order valence-corrected chi connectivity index (χ2v) is 2.81. The Hall–Kier alpha value is -1.34. The summed E-state index contributed by atoms with van der Waals surface area (Å²) >= 11 is 0. The van der Waals surface area contributed by atoms with E-state index >= 15 is 0 Å². The Balaban J connectivity index is 2.53. The van der Waals surface area contributed by atoms with Crippen LogP contribution in [0.5, 0.6) is 0 Å². The molecule has 0 spiro atoms. The van der Waals surface area contributed by atoms with Gasteiger partial charge in [-0.05, 0) is 13.0 Å². The van der Waals surface area contributed by atoms with E-state index in [1.165, 1.54) is 0 Å². The maximum atomic E-state index is 5.26. The van der Waals surface area contributed by atoms with Crippen LogP contribution >= 0.6 is 0 Å². The predicted octanol–water partition coefficient (Wildman–Crippen LogP) is 0.869. The topological polar surface area (TPSA) is 53.6 Å². The molecule has 0 aliphatic carbocycles. The van der Waals surface area contributed by atoms with Crippen molar-refractivity contribution in [2.24, 2.45) is 0 Å². The van der Waals surface area contributed by atoms with Gasteiger partial charge in [0.15, 0.2) is 0 Å². The molecule has 13 heavy (non-hydrogen) atoms. The largest absolute Gasteiger partial charge is 0.308 e. The van der Waals surface area contributed by atoms with Gasteiger partial charge in [-0.3, -0.25) is 0 Å². The van der Waals surface area contributed by atoms with Gasteiger partial charge in [-0.15, -0.1) is 12.3 Å². The molecule has 0 aromatic carbocycles. The predicted molar refractivity (Wildman–Crippen MR) is 50.9 cm³/mol. The number of H-pyrrole nitrogens is 1. The molecule has 0 bridgehead atoms. The highest BCUT2D eigenvalue weighted by Gasteiger charge is 2.11. The van der Waals surface area contributed by atoms with E-state index in [9.17, 15) is 0 Å². The quantitative estimate of drug-likeness (QED) is 0.658. The molecule has 4 nitrogen and oxygen atoms in total. The van der Waals surface area contributed by atoms with Crippen LogP contribution in [0.3, 0.4) is 0 Å². The minimum atomic E-state index is 0.128. The van der Waals surface area contributed by atoms with Crippen molar-refractivity contribution in [3.05, 3.63) is 11.9 Å². The molecule has 1 heterocycles. The Morgan fingerprint density at radius 2 is 2.62 bits per heavy atom. The maximum Gasteiger partial charge on any atom is 0.100 e. The summed E-state index contributed by atoms with van der Waals surface area (Å²) < 4.78 is 0. The zero-order chi connectivity index (χ0) is 9.52. The van der Waals surface area contributed by atoms with Gasteiger partial charge >= 0.3 is 0 Å². The molecule has 1 aromatic heterocycles. The first-order valence-corrected chi connectivity index (χ1v) is 4.41. The van der Waals surface area contributed by atoms with Gasteiger partial charge in [0.05, 0.1) is 12.2 Å². The zero-order valence-corrected chi connectivity index (χ0v) is 7.75. The van der Waals surface area contributed by atoms with Crippen LogP contribution in [-0.2, 0) is 0 Å². The highest BCUT2D eigenvalue weighted by atomic mass is 15.3. The summed E-state index contributed by atoms with van der Waals surface area (Å²) in [5.74, 6) is 2.62. The van der Waals surface area contributed by atoms with E-state index in [-0.39, 0.29) is 6.04 Å². The summed E-state index contributed by atoms with van der Waals surface area (Å²) in [4.78, 5) is 0. The fraction of sp³-hybridized carbons (Fsp3) is 0.556. The van der Waals surface area contributed by atoms with E-state index in [0.717, 1.165) is 18.7 Å². The molecule has 0 amide bonds. The Kier molecular flexibility index (Phi) is 4.00. The molecule has 0 aliphatic rings. The van der Waals surface area contributed by atoms with Crippen molar-refractivity contribution in [3.8, 4) is 12.3 Å². The molecule has 1 unspecified atom stereocenters. The van der Waals surface area contributed by atoms with Crippen LogP contribution in [0.25, 0.3) is 0 Å². The highest BCUT2D eigenvalue weighted by molar-refractivity contribution is 5.04. The molecule has 0 saturated carbocycles. The van der Waals surface area contributed by atoms with Crippen LogP contribution < -0.4 is 5.32 Å². The first kappa shape index (κ1) is 9.75. The first-order valence-electron chi connectivity index (χ1n) is 4.41. The van der Waals surface area contributed by atoms with Crippen LogP contribution in [0, 0.1) is 12.3 Å². The Labute approximate surface area is 78.1 Å². The van der Waals surface area contributed by atoms with Crippen LogP contribution in [0.15, 0.2) is 6.20 Å². The standard InChI is InChI=1S/C9H14N4/c1-3-5-8(10-6-4-2)9-7-11-13-12-9/h1,7-8,10H,4-6H2,2H3,(H,11,12,13). The number of aromatic nitrogens is 3. The summed E-state index contributed by atoms with van der Waals surface area (Å²) in [5.41, 5.74) is 0.881. The monoisotopic (exact) mass is 178 g/mol. The zero-order valence-electron chi connectivity index (χ0n) is 7.75. The third-order valence-electron chi connectivity index (χ3n) is 1.75. The van der Waals surface area contributed by atoms with E-state index < -0.39 is 0 Å². The molecule has 2 N–H and O–H groups in total. The summed E-state index contributed by atoms with van der Waals surface area (Å²) in [6.07, 6.45) is 8.69. The van der Waals surface area contributed by atoms with Gasteiger partial charge in [0.2, 0.25) is 0 Å². The molecule has 1 aromatic rings. The number of hydrogen-bond acceptors (Lipinski definition) is 3. The van der Waals surface area contributed by atoms with Crippen molar-refractivity contribution in [2.75, 3.05) is 6.54 Å². The molecular weight excluding hydrogens is 164 g/mol. The average Bonchev–Trinajstić information content (AvgIpc) is 2.65. The lowest BCUT2D eigenvalue weighted by Crippen LogP contribution is -2.22. The molecule has 1 rings (SSSR count). The first-order chi connectivity index (χ1) is 6.38. The Bertz CT molecular complexity index is 260. The second-order valence-electron chi connectivity index (χ2n) is 2.81. The number of rotatable bonds is 5. The van der Waals surface area contributed by atoms with Gasteiger partial charge in [-0.25, -0.2) is 0 Å². The average molecular weight is 178 g/mol. The number of aromatic amines is 1. The molecule has 0 fully saturated rings. The van der Waals surface area contributed by atoms with E-state index in [4.69, 9.17) is 6.42 Å². The van der Waals surface area contributed by atoms with E-state index in [0.29, 0.717) is 6.42 Å². The van der Waals surface area contributed by atoms with Crippen LogP contribution in [0.2, 0.25) is 0 Å². The minimum absolute atomic E-state index is 0.128. The SMILES string of the molecule is C#CCC(NCCC)c1cn[nH]n1. The number of nitrogens with zero attached hydrogens (tertiary/aromatic N) is 2. The molecule has 0 saturated heterocycles. The normalized spacial score (nSPS) is 12.3. The Morgan fingerprint density at radius 3 is 3.15 bits per heavy atom. The summed E-state index contributed by atoms with van der Waals surface area (Å²) in [7, 11) is 0. The van der Waals surface area contributed by atoms with Crippen LogP contribution in [-0.4, -0.2) is 22.0 Å². The van der Waals surface area contributed by atoms with Crippen molar-refractivity contribution in [2.45, 2.75) is 25.8 Å². The van der Waals surface area contributed by atoms with Gasteiger partial charge < -0.3 is 5.32 Å². The number of hydrogen-bond donors (Lipinski definition) is 2. The summed E-state index contributed by atoms with van der Waals surface area (Å²) in [5, 5.41) is 13.6. The number of terminal acetylenes is 1. The van der Waals surface area contributed by atoms with E-state index in [2.05, 4.69) is 33.6 Å². The van der Waals surface area contributed by atoms with Crippen molar-refractivity contribution >= 4 is 0 Å². The fourth-order valence-electron chi connectivity index (χ4n) is 1.10. The smallest absolute Gasteiger partial charge is 0.100 e. The lowest BCUT2D eigenvalue weighted by atomic mass is 10.1. The molecular formula is C9H14N4. The van der Waals surface area contributed by atoms with Gasteiger partial charge in [0.25, 0.3) is 0 Å². The van der Waals surface area contributed by atoms with Gasteiger partial charge in [0.1, 0.15) is 5.69 Å². The van der Waals surface area contributed by atoms with Crippen LogP contribution in [0.1, 0.15) is 31.5 Å². The molecule has 1 atom stereocenters. The van der Waals surface area contributed by atoms with Gasteiger partial charge in [-0.2, -0.15) is 15.4 Å². The molecule has 0 aliphatic heterocycles. The van der Waals surface area contributed by atoms with Crippen molar-refractivity contribution < 1.29 is 0 Å². The van der Waals surface area contributed by atoms with Crippen molar-refractivity contribution in [1.29, 1.82) is 0 Å². The van der Waals surface area contributed by atoms with Gasteiger partial charge in [-0.1, -0.05) is 6.92 Å². The maximum absolute atomic E-state index is 5.26. The third kappa shape index (κ3) is 2.88. The lowest BCUT2D eigenvalue weighted by molar-refractivity contribution is 0.530. The third-order valence-corrected chi connectivity index (χ3v) is 1.75. The van der Waals surface area contributed by atoms with E-state index in [1.807, 2.05) is 0 Å². The Morgan fingerprint density at radius 1 is 1.77 bits per heavy atom. The van der Waals surface area contributed by atoms with Crippen molar-refractivity contribution in [1.82, 2.24) is 20.7 Å². The van der Waals surface area contributed by atoms with Crippen molar-refractivity contribution in [3.63, 3.8) is 0 Å². The summed E-state index contributed by atoms with van der Waals surface area (Å²) in [6, 6.07) is 0.128. The lowest BCUT2D eigenvalue weighted by Gasteiger charge is -2.11. The molecule has 70 valence electrons. The van der Waals surface area contributed by atoms with Gasteiger partial charge in [0, 0.05) is 6.42 Å². The second kappa shape index (κ2) is 5.33. The summed E-state index contributed by atoms with van der Waals surface area (Å²) in [6.45, 7) is 3.06. The fourth-order valence-corrected chi connectivity index (χ4v) is 1.10. The molecule has 4 heteroatoms. The highest BCUT2D eigenvalue weighted by Crippen LogP contribution is 2.11. The minimum Gasteiger partial charge on any atom is -0.308 e. The van der Waals surface area contributed by atoms with E-state index in [1.54, 1.807) is 6.20 Å². The van der Waals surface area contributed by atoms with Crippen LogP contribution in [0.4, 0.5) is 0 Å². The molecule has 0 radical (unpaired) electrons. The number of nitrogens with one attached hydrogen (secondary N) is 2.